The first-order valence-electron chi connectivity index (χ1n) is 9.59. The number of methoxy groups -OCH3 is 1. The minimum absolute atomic E-state index is 0.0218. The summed E-state index contributed by atoms with van der Waals surface area (Å²) in [6.07, 6.45) is -1.70. The fourth-order valence-electron chi connectivity index (χ4n) is 3.27. The van der Waals surface area contributed by atoms with Crippen LogP contribution in [0.15, 0.2) is 42.6 Å². The predicted molar refractivity (Wildman–Crippen MR) is 105 cm³/mol. The van der Waals surface area contributed by atoms with Gasteiger partial charge in [0.15, 0.2) is 17.5 Å². The zero-order valence-corrected chi connectivity index (χ0v) is 16.8. The lowest BCUT2D eigenvalue weighted by atomic mass is 10.1. The number of carbonyl (C=O) groups excluding carboxylic acids is 1. The van der Waals surface area contributed by atoms with Crippen LogP contribution >= 0.6 is 0 Å². The van der Waals surface area contributed by atoms with E-state index in [9.17, 15) is 18.0 Å². The number of nitrogens with zero attached hydrogens (tertiary/aromatic N) is 2. The molecule has 1 atom stereocenters. The molecule has 1 amide bonds. The molecule has 1 aromatic heterocycles. The summed E-state index contributed by atoms with van der Waals surface area (Å²) in [5, 5.41) is 2.02. The van der Waals surface area contributed by atoms with E-state index in [-0.39, 0.29) is 17.4 Å². The lowest BCUT2D eigenvalue weighted by molar-refractivity contribution is -0.156. The van der Waals surface area contributed by atoms with E-state index in [2.05, 4.69) is 9.88 Å². The van der Waals surface area contributed by atoms with Crippen molar-refractivity contribution < 1.29 is 27.4 Å². The number of piperidine rings is 1. The summed E-state index contributed by atoms with van der Waals surface area (Å²) in [5.41, 5.74) is -0.250. The number of alkyl halides is 3. The SMILES string of the molecule is COc1cc(C(=O)N[C@H](c2ccccn2)C(F)(F)F)ccc1OC1CCN(C)CC1. The third-order valence-corrected chi connectivity index (χ3v) is 4.97. The van der Waals surface area contributed by atoms with Crippen molar-refractivity contribution in [2.45, 2.75) is 31.2 Å². The van der Waals surface area contributed by atoms with E-state index in [4.69, 9.17) is 9.47 Å². The fraction of sp³-hybridized carbons (Fsp3) is 0.429. The van der Waals surface area contributed by atoms with Crippen molar-refractivity contribution in [3.05, 3.63) is 53.9 Å². The second kappa shape index (κ2) is 9.34. The van der Waals surface area contributed by atoms with Gasteiger partial charge in [0.2, 0.25) is 0 Å². The van der Waals surface area contributed by atoms with Crippen LogP contribution < -0.4 is 14.8 Å². The Morgan fingerprint density at radius 2 is 1.93 bits per heavy atom. The van der Waals surface area contributed by atoms with E-state index in [0.29, 0.717) is 11.5 Å². The number of carbonyl (C=O) groups is 1. The van der Waals surface area contributed by atoms with Crippen LogP contribution in [0, 0.1) is 0 Å². The molecule has 1 aromatic carbocycles. The largest absolute Gasteiger partial charge is 0.493 e. The van der Waals surface area contributed by atoms with Crippen molar-refractivity contribution >= 4 is 5.91 Å². The van der Waals surface area contributed by atoms with E-state index in [1.807, 2.05) is 12.4 Å². The average Bonchev–Trinajstić information content (AvgIpc) is 2.73. The number of halogens is 3. The standard InChI is InChI=1S/C21H24F3N3O3/c1-27-11-8-15(9-12-27)30-17-7-6-14(13-18(17)29-2)20(28)26-19(21(22,23)24)16-5-3-4-10-25-16/h3-7,10,13,15,19H,8-9,11-12H2,1-2H3,(H,26,28)/t19-/m1/s1. The molecule has 0 unspecified atom stereocenters. The van der Waals surface area contributed by atoms with Crippen LogP contribution in [0.4, 0.5) is 13.2 Å². The van der Waals surface area contributed by atoms with Crippen molar-refractivity contribution in [1.82, 2.24) is 15.2 Å². The van der Waals surface area contributed by atoms with Gasteiger partial charge in [0, 0.05) is 24.8 Å². The van der Waals surface area contributed by atoms with Gasteiger partial charge >= 0.3 is 6.18 Å². The van der Waals surface area contributed by atoms with Gasteiger partial charge in [-0.3, -0.25) is 9.78 Å². The molecule has 1 aliphatic rings. The van der Waals surface area contributed by atoms with Crippen molar-refractivity contribution in [3.8, 4) is 11.5 Å². The van der Waals surface area contributed by atoms with Crippen molar-refractivity contribution in [1.29, 1.82) is 0 Å². The number of hydrogen-bond donors (Lipinski definition) is 1. The number of benzene rings is 1. The van der Waals surface area contributed by atoms with Gasteiger partial charge in [-0.2, -0.15) is 13.2 Å². The summed E-state index contributed by atoms with van der Waals surface area (Å²) in [7, 11) is 3.47. The van der Waals surface area contributed by atoms with Crippen molar-refractivity contribution in [2.75, 3.05) is 27.2 Å². The van der Waals surface area contributed by atoms with E-state index in [1.54, 1.807) is 6.07 Å². The lowest BCUT2D eigenvalue weighted by Gasteiger charge is -2.29. The molecule has 1 fully saturated rings. The number of nitrogens with one attached hydrogen (secondary N) is 1. The summed E-state index contributed by atoms with van der Waals surface area (Å²) >= 11 is 0. The zero-order chi connectivity index (χ0) is 21.7. The van der Waals surface area contributed by atoms with Gasteiger partial charge < -0.3 is 19.7 Å². The molecule has 1 N–H and O–H groups in total. The normalized spacial score (nSPS) is 16.7. The van der Waals surface area contributed by atoms with Crippen molar-refractivity contribution in [2.24, 2.45) is 0 Å². The second-order valence-corrected chi connectivity index (χ2v) is 7.19. The maximum Gasteiger partial charge on any atom is 0.414 e. The molecular formula is C21H24F3N3O3. The molecule has 1 saturated heterocycles. The number of hydrogen-bond acceptors (Lipinski definition) is 5. The fourth-order valence-corrected chi connectivity index (χ4v) is 3.27. The molecule has 0 aliphatic carbocycles. The van der Waals surface area contributed by atoms with E-state index < -0.39 is 18.1 Å². The monoisotopic (exact) mass is 423 g/mol. The lowest BCUT2D eigenvalue weighted by Crippen LogP contribution is -2.38. The first kappa shape index (κ1) is 21.9. The first-order chi connectivity index (χ1) is 14.3. The highest BCUT2D eigenvalue weighted by molar-refractivity contribution is 5.95. The van der Waals surface area contributed by atoms with Crippen LogP contribution in [0.1, 0.15) is 34.9 Å². The maximum atomic E-state index is 13.5. The molecule has 3 rings (SSSR count). The third kappa shape index (κ3) is 5.41. The van der Waals surface area contributed by atoms with Gasteiger partial charge in [-0.25, -0.2) is 0 Å². The van der Waals surface area contributed by atoms with E-state index in [0.717, 1.165) is 25.9 Å². The third-order valence-electron chi connectivity index (χ3n) is 4.97. The van der Waals surface area contributed by atoms with Crippen LogP contribution in [-0.2, 0) is 0 Å². The first-order valence-corrected chi connectivity index (χ1v) is 9.59. The quantitative estimate of drug-likeness (QED) is 0.769. The summed E-state index contributed by atoms with van der Waals surface area (Å²) in [6, 6.07) is 6.30. The highest BCUT2D eigenvalue weighted by Gasteiger charge is 2.43. The molecule has 1 aliphatic heterocycles. The molecule has 6 nitrogen and oxygen atoms in total. The van der Waals surface area contributed by atoms with Crippen LogP contribution in [0.25, 0.3) is 0 Å². The summed E-state index contributed by atoms with van der Waals surface area (Å²) in [4.78, 5) is 18.5. The number of pyridine rings is 1. The predicted octanol–water partition coefficient (Wildman–Crippen LogP) is 3.60. The Labute approximate surface area is 173 Å². The molecule has 2 aromatic rings. The molecular weight excluding hydrogens is 399 g/mol. The van der Waals surface area contributed by atoms with Crippen LogP contribution in [0.5, 0.6) is 11.5 Å². The summed E-state index contributed by atoms with van der Waals surface area (Å²) < 4.78 is 51.7. The molecule has 162 valence electrons. The minimum Gasteiger partial charge on any atom is -0.493 e. The van der Waals surface area contributed by atoms with Gasteiger partial charge in [0.05, 0.1) is 12.8 Å². The highest BCUT2D eigenvalue weighted by Crippen LogP contribution is 2.33. The average molecular weight is 423 g/mol. The molecule has 0 spiro atoms. The summed E-state index contributed by atoms with van der Waals surface area (Å²) in [6.45, 7) is 1.83. The van der Waals surface area contributed by atoms with Crippen LogP contribution in [0.2, 0.25) is 0 Å². The van der Waals surface area contributed by atoms with Crippen LogP contribution in [-0.4, -0.2) is 55.3 Å². The van der Waals surface area contributed by atoms with Gasteiger partial charge in [-0.1, -0.05) is 6.07 Å². The second-order valence-electron chi connectivity index (χ2n) is 7.19. The topological polar surface area (TPSA) is 63.7 Å². The molecule has 0 bridgehead atoms. The minimum atomic E-state index is -4.69. The van der Waals surface area contributed by atoms with E-state index in [1.165, 1.54) is 43.6 Å². The number of likely N-dealkylation sites (tertiary alicyclic amines) is 1. The highest BCUT2D eigenvalue weighted by atomic mass is 19.4. The van der Waals surface area contributed by atoms with Gasteiger partial charge in [-0.05, 0) is 50.2 Å². The van der Waals surface area contributed by atoms with Crippen LogP contribution in [0.3, 0.4) is 0 Å². The zero-order valence-electron chi connectivity index (χ0n) is 16.8. The Bertz CT molecular complexity index is 854. The Hall–Kier alpha value is -2.81. The Balaban J connectivity index is 1.75. The van der Waals surface area contributed by atoms with Gasteiger partial charge in [0.1, 0.15) is 6.10 Å². The molecule has 30 heavy (non-hydrogen) atoms. The Morgan fingerprint density at radius 1 is 1.20 bits per heavy atom. The van der Waals surface area contributed by atoms with E-state index >= 15 is 0 Å². The Morgan fingerprint density at radius 3 is 2.53 bits per heavy atom. The van der Waals surface area contributed by atoms with Gasteiger partial charge in [-0.15, -0.1) is 0 Å². The maximum absolute atomic E-state index is 13.5. The smallest absolute Gasteiger partial charge is 0.414 e. The number of aromatic nitrogens is 1. The summed E-state index contributed by atoms with van der Waals surface area (Å²) in [5.74, 6) is -0.129. The molecule has 0 radical (unpaired) electrons. The number of ether oxygens (including phenoxy) is 2. The Kier molecular flexibility index (Phi) is 6.81. The molecule has 0 saturated carbocycles. The number of amides is 1. The van der Waals surface area contributed by atoms with Crippen molar-refractivity contribution in [3.63, 3.8) is 0 Å². The van der Waals surface area contributed by atoms with Gasteiger partial charge in [0.25, 0.3) is 5.91 Å². The molecule has 9 heteroatoms. The molecule has 2 heterocycles. The number of rotatable bonds is 6.